The molecule has 4 nitrogen and oxygen atoms in total. The molecule has 0 aliphatic carbocycles. The Hall–Kier alpha value is -2.54. The molecule has 2 aromatic rings. The van der Waals surface area contributed by atoms with Gasteiger partial charge >= 0.3 is 6.61 Å². The molecule has 1 atom stereocenters. The number of nitrogens with zero attached hydrogens (tertiary/aromatic N) is 1. The van der Waals surface area contributed by atoms with Gasteiger partial charge in [-0.15, -0.1) is 0 Å². The zero-order valence-corrected chi connectivity index (χ0v) is 16.1. The Labute approximate surface area is 168 Å². The quantitative estimate of drug-likeness (QED) is 0.689. The molecule has 1 fully saturated rings. The normalized spacial score (nSPS) is 16.9. The number of nitrogens with one attached hydrogen (secondary N) is 1. The van der Waals surface area contributed by atoms with Crippen LogP contribution in [-0.4, -0.2) is 43.1 Å². The number of carbonyl (C=O) groups excluding carboxylic acids is 1. The third kappa shape index (κ3) is 6.78. The highest BCUT2D eigenvalue weighted by Crippen LogP contribution is 2.21. The molecule has 1 aliphatic rings. The van der Waals surface area contributed by atoms with Crippen LogP contribution < -0.4 is 10.1 Å². The first-order valence-corrected chi connectivity index (χ1v) is 9.78. The van der Waals surface area contributed by atoms with Crippen molar-refractivity contribution in [1.82, 2.24) is 10.2 Å². The van der Waals surface area contributed by atoms with Crippen molar-refractivity contribution in [3.05, 3.63) is 65.5 Å². The molecule has 7 heteroatoms. The number of hydrogen-bond acceptors (Lipinski definition) is 3. The highest BCUT2D eigenvalue weighted by atomic mass is 19.3. The summed E-state index contributed by atoms with van der Waals surface area (Å²) < 4.78 is 42.0. The lowest BCUT2D eigenvalue weighted by Crippen LogP contribution is -2.41. The second kappa shape index (κ2) is 10.3. The van der Waals surface area contributed by atoms with Crippen LogP contribution in [0.2, 0.25) is 0 Å². The molecule has 2 aromatic carbocycles. The summed E-state index contributed by atoms with van der Waals surface area (Å²) in [4.78, 5) is 14.5. The van der Waals surface area contributed by atoms with E-state index in [1.54, 1.807) is 24.3 Å². The highest BCUT2D eigenvalue weighted by Gasteiger charge is 2.26. The van der Waals surface area contributed by atoms with Crippen LogP contribution in [0.15, 0.2) is 48.5 Å². The molecule has 0 spiro atoms. The smallest absolute Gasteiger partial charge is 0.387 e. The van der Waals surface area contributed by atoms with Gasteiger partial charge in [-0.05, 0) is 67.6 Å². The number of alkyl halides is 2. The van der Waals surface area contributed by atoms with Gasteiger partial charge in [0.1, 0.15) is 11.6 Å². The number of carbonyl (C=O) groups is 1. The number of rotatable bonds is 9. The van der Waals surface area contributed by atoms with Gasteiger partial charge in [-0.25, -0.2) is 4.39 Å². The van der Waals surface area contributed by atoms with E-state index in [4.69, 9.17) is 0 Å². The van der Waals surface area contributed by atoms with Gasteiger partial charge in [0.05, 0.1) is 6.54 Å². The van der Waals surface area contributed by atoms with Crippen LogP contribution in [0.4, 0.5) is 13.2 Å². The number of likely N-dealkylation sites (tertiary alicyclic amines) is 1. The summed E-state index contributed by atoms with van der Waals surface area (Å²) in [6.45, 7) is -1.19. The van der Waals surface area contributed by atoms with E-state index in [2.05, 4.69) is 15.0 Å². The van der Waals surface area contributed by atoms with Crippen LogP contribution in [0.1, 0.15) is 24.0 Å². The fourth-order valence-corrected chi connectivity index (χ4v) is 3.69. The predicted octanol–water partition coefficient (Wildman–Crippen LogP) is 3.79. The Balaban J connectivity index is 1.41. The van der Waals surface area contributed by atoms with Crippen molar-refractivity contribution in [2.24, 2.45) is 0 Å². The van der Waals surface area contributed by atoms with E-state index >= 15 is 0 Å². The monoisotopic (exact) mass is 406 g/mol. The van der Waals surface area contributed by atoms with Gasteiger partial charge in [0.15, 0.2) is 0 Å². The lowest BCUT2D eigenvalue weighted by Gasteiger charge is -2.24. The maximum Gasteiger partial charge on any atom is 0.387 e. The van der Waals surface area contributed by atoms with Gasteiger partial charge in [0.25, 0.3) is 0 Å². The highest BCUT2D eigenvalue weighted by molar-refractivity contribution is 5.78. The fourth-order valence-electron chi connectivity index (χ4n) is 3.69. The Morgan fingerprint density at radius 1 is 1.17 bits per heavy atom. The van der Waals surface area contributed by atoms with Crippen LogP contribution in [0, 0.1) is 5.82 Å². The fraction of sp³-hybridized carbons (Fsp3) is 0.409. The summed E-state index contributed by atoms with van der Waals surface area (Å²) in [6, 6.07) is 13.2. The number of amides is 1. The van der Waals surface area contributed by atoms with E-state index in [0.29, 0.717) is 19.5 Å². The molecule has 156 valence electrons. The molecule has 1 unspecified atom stereocenters. The number of benzene rings is 2. The van der Waals surface area contributed by atoms with Crippen molar-refractivity contribution in [2.75, 3.05) is 19.6 Å². The summed E-state index contributed by atoms with van der Waals surface area (Å²) in [6.07, 6.45) is 3.36. The Morgan fingerprint density at radius 2 is 1.97 bits per heavy atom. The average Bonchev–Trinajstić information content (AvgIpc) is 3.09. The first kappa shape index (κ1) is 21.2. The molecule has 1 N–H and O–H groups in total. The molecular formula is C22H25F3N2O2. The van der Waals surface area contributed by atoms with Gasteiger partial charge in [0.2, 0.25) is 5.91 Å². The van der Waals surface area contributed by atoms with Crippen LogP contribution in [0.5, 0.6) is 5.75 Å². The maximum absolute atomic E-state index is 13.4. The first-order valence-electron chi connectivity index (χ1n) is 9.78. The van der Waals surface area contributed by atoms with E-state index in [-0.39, 0.29) is 23.5 Å². The largest absolute Gasteiger partial charge is 0.435 e. The predicted molar refractivity (Wildman–Crippen MR) is 104 cm³/mol. The van der Waals surface area contributed by atoms with Gasteiger partial charge in [-0.2, -0.15) is 8.78 Å². The van der Waals surface area contributed by atoms with Crippen molar-refractivity contribution in [2.45, 2.75) is 38.3 Å². The molecule has 1 amide bonds. The lowest BCUT2D eigenvalue weighted by atomic mass is 10.0. The number of ether oxygens (including phenoxy) is 1. The third-order valence-electron chi connectivity index (χ3n) is 5.09. The molecule has 0 radical (unpaired) electrons. The summed E-state index contributed by atoms with van der Waals surface area (Å²) >= 11 is 0. The summed E-state index contributed by atoms with van der Waals surface area (Å²) in [7, 11) is 0. The zero-order chi connectivity index (χ0) is 20.6. The molecule has 3 rings (SSSR count). The summed E-state index contributed by atoms with van der Waals surface area (Å²) in [5.74, 6) is -0.168. The van der Waals surface area contributed by atoms with E-state index in [9.17, 15) is 18.0 Å². The minimum atomic E-state index is -2.84. The van der Waals surface area contributed by atoms with Crippen molar-refractivity contribution in [1.29, 1.82) is 0 Å². The maximum atomic E-state index is 13.4. The minimum absolute atomic E-state index is 0.0474. The Morgan fingerprint density at radius 3 is 2.69 bits per heavy atom. The molecule has 1 saturated heterocycles. The number of hydrogen-bond donors (Lipinski definition) is 1. The molecule has 1 aliphatic heterocycles. The van der Waals surface area contributed by atoms with Crippen molar-refractivity contribution in [3.63, 3.8) is 0 Å². The zero-order valence-electron chi connectivity index (χ0n) is 16.1. The molecule has 0 aromatic heterocycles. The third-order valence-corrected chi connectivity index (χ3v) is 5.09. The molecule has 29 heavy (non-hydrogen) atoms. The number of halogens is 3. The topological polar surface area (TPSA) is 41.6 Å². The molecule has 0 bridgehead atoms. The van der Waals surface area contributed by atoms with Crippen molar-refractivity contribution >= 4 is 5.91 Å². The second-order valence-corrected chi connectivity index (χ2v) is 7.22. The van der Waals surface area contributed by atoms with Crippen LogP contribution in [0.3, 0.4) is 0 Å². The van der Waals surface area contributed by atoms with E-state index in [1.807, 2.05) is 6.07 Å². The van der Waals surface area contributed by atoms with Crippen LogP contribution in [0.25, 0.3) is 0 Å². The van der Waals surface area contributed by atoms with Crippen molar-refractivity contribution in [3.8, 4) is 5.75 Å². The second-order valence-electron chi connectivity index (χ2n) is 7.22. The van der Waals surface area contributed by atoms with Gasteiger partial charge in [0, 0.05) is 12.6 Å². The first-order chi connectivity index (χ1) is 14.0. The SMILES string of the molecule is O=C(CN1CCCC1Cc1cccc(F)c1)NCCc1ccc(OC(F)F)cc1. The molecule has 1 heterocycles. The Kier molecular flexibility index (Phi) is 7.52. The lowest BCUT2D eigenvalue weighted by molar-refractivity contribution is -0.122. The van der Waals surface area contributed by atoms with Gasteiger partial charge in [-0.1, -0.05) is 24.3 Å². The van der Waals surface area contributed by atoms with E-state index < -0.39 is 6.61 Å². The van der Waals surface area contributed by atoms with Crippen LogP contribution >= 0.6 is 0 Å². The summed E-state index contributed by atoms with van der Waals surface area (Å²) in [5.41, 5.74) is 1.87. The average molecular weight is 406 g/mol. The van der Waals surface area contributed by atoms with Gasteiger partial charge in [-0.3, -0.25) is 9.69 Å². The minimum Gasteiger partial charge on any atom is -0.435 e. The molecular weight excluding hydrogens is 381 g/mol. The Bertz CT molecular complexity index is 799. The van der Waals surface area contributed by atoms with Gasteiger partial charge < -0.3 is 10.1 Å². The summed E-state index contributed by atoms with van der Waals surface area (Å²) in [5, 5.41) is 2.91. The standard InChI is InChI=1S/C22H25F3N2O2/c23-18-4-1-3-17(13-18)14-19-5-2-12-27(19)15-21(28)26-11-10-16-6-8-20(9-7-16)29-22(24)25/h1,3-4,6-9,13,19,22H,2,5,10-12,14-15H2,(H,26,28). The van der Waals surface area contributed by atoms with Crippen LogP contribution in [-0.2, 0) is 17.6 Å². The molecule has 0 saturated carbocycles. The van der Waals surface area contributed by atoms with E-state index in [0.717, 1.165) is 36.9 Å². The van der Waals surface area contributed by atoms with E-state index in [1.165, 1.54) is 18.2 Å². The van der Waals surface area contributed by atoms with Crippen molar-refractivity contribution < 1.29 is 22.7 Å².